The number of aliphatic hydroxyl groups is 1. The molecule has 0 saturated carbocycles. The Balaban J connectivity index is 1.85. The van der Waals surface area contributed by atoms with Gasteiger partial charge < -0.3 is 10.0 Å². The summed E-state index contributed by atoms with van der Waals surface area (Å²) < 4.78 is 0. The van der Waals surface area contributed by atoms with Gasteiger partial charge in [-0.15, -0.1) is 11.8 Å². The summed E-state index contributed by atoms with van der Waals surface area (Å²) in [6.45, 7) is 0.883. The lowest BCUT2D eigenvalue weighted by Crippen LogP contribution is -2.40. The van der Waals surface area contributed by atoms with Crippen molar-refractivity contribution in [3.05, 3.63) is 35.4 Å². The monoisotopic (exact) mass is 277 g/mol. The third kappa shape index (κ3) is 2.39. The SMILES string of the molecule is O=C(C1SCCc2ccccc21)N1CCC[C@@H]1CO. The van der Waals surface area contributed by atoms with Crippen molar-refractivity contribution < 1.29 is 9.90 Å². The highest BCUT2D eigenvalue weighted by molar-refractivity contribution is 8.00. The molecule has 1 amide bonds. The van der Waals surface area contributed by atoms with Crippen LogP contribution in [0.3, 0.4) is 0 Å². The fourth-order valence-corrected chi connectivity index (χ4v) is 4.33. The molecule has 4 heteroatoms. The van der Waals surface area contributed by atoms with Crippen LogP contribution in [0.4, 0.5) is 0 Å². The van der Waals surface area contributed by atoms with E-state index >= 15 is 0 Å². The second-order valence-corrected chi connectivity index (χ2v) is 6.42. The van der Waals surface area contributed by atoms with E-state index < -0.39 is 0 Å². The lowest BCUT2D eigenvalue weighted by Gasteiger charge is -2.31. The molecule has 1 N–H and O–H groups in total. The van der Waals surface area contributed by atoms with Crippen molar-refractivity contribution >= 4 is 17.7 Å². The van der Waals surface area contributed by atoms with Crippen molar-refractivity contribution in [2.24, 2.45) is 0 Å². The predicted octanol–water partition coefficient (Wildman–Crippen LogP) is 2.00. The fourth-order valence-electron chi connectivity index (χ4n) is 3.06. The largest absolute Gasteiger partial charge is 0.394 e. The lowest BCUT2D eigenvalue weighted by atomic mass is 10.0. The molecule has 2 atom stereocenters. The van der Waals surface area contributed by atoms with E-state index in [1.807, 2.05) is 17.0 Å². The van der Waals surface area contributed by atoms with Crippen molar-refractivity contribution in [2.75, 3.05) is 18.9 Å². The van der Waals surface area contributed by atoms with Gasteiger partial charge in [0.05, 0.1) is 12.6 Å². The van der Waals surface area contributed by atoms with E-state index in [9.17, 15) is 9.90 Å². The molecule has 3 nitrogen and oxygen atoms in total. The van der Waals surface area contributed by atoms with Crippen LogP contribution < -0.4 is 0 Å². The van der Waals surface area contributed by atoms with Crippen LogP contribution >= 0.6 is 11.8 Å². The number of hydrogen-bond acceptors (Lipinski definition) is 3. The Morgan fingerprint density at radius 1 is 1.42 bits per heavy atom. The maximum atomic E-state index is 12.7. The number of amides is 1. The van der Waals surface area contributed by atoms with Gasteiger partial charge >= 0.3 is 0 Å². The van der Waals surface area contributed by atoms with E-state index in [0.29, 0.717) is 0 Å². The van der Waals surface area contributed by atoms with Crippen molar-refractivity contribution in [3.63, 3.8) is 0 Å². The zero-order valence-corrected chi connectivity index (χ0v) is 11.7. The van der Waals surface area contributed by atoms with Gasteiger partial charge in [-0.25, -0.2) is 0 Å². The number of fused-ring (bicyclic) bond motifs is 1. The van der Waals surface area contributed by atoms with E-state index in [0.717, 1.165) is 31.6 Å². The van der Waals surface area contributed by atoms with Gasteiger partial charge in [0.1, 0.15) is 5.25 Å². The molecule has 0 aromatic heterocycles. The average molecular weight is 277 g/mol. The highest BCUT2D eigenvalue weighted by atomic mass is 32.2. The van der Waals surface area contributed by atoms with Gasteiger partial charge in [-0.1, -0.05) is 24.3 Å². The molecule has 0 radical (unpaired) electrons. The average Bonchev–Trinajstić information content (AvgIpc) is 2.94. The number of aryl methyl sites for hydroxylation is 1. The summed E-state index contributed by atoms with van der Waals surface area (Å²) in [4.78, 5) is 14.6. The number of nitrogens with zero attached hydrogens (tertiary/aromatic N) is 1. The van der Waals surface area contributed by atoms with E-state index in [2.05, 4.69) is 12.1 Å². The number of hydrogen-bond donors (Lipinski definition) is 1. The predicted molar refractivity (Wildman–Crippen MR) is 77.2 cm³/mol. The minimum Gasteiger partial charge on any atom is -0.394 e. The number of carbonyl (C=O) groups excluding carboxylic acids is 1. The van der Waals surface area contributed by atoms with Crippen LogP contribution in [-0.2, 0) is 11.2 Å². The maximum absolute atomic E-state index is 12.7. The molecule has 0 bridgehead atoms. The Bertz CT molecular complexity index is 477. The molecule has 2 aliphatic rings. The summed E-state index contributed by atoms with van der Waals surface area (Å²) in [6.07, 6.45) is 2.99. The minimum absolute atomic E-state index is 0.0298. The summed E-state index contributed by atoms with van der Waals surface area (Å²) >= 11 is 1.74. The molecule has 2 heterocycles. The summed E-state index contributed by atoms with van der Waals surface area (Å²) in [6, 6.07) is 8.29. The first-order valence-corrected chi connectivity index (χ1v) is 7.97. The number of thioether (sulfide) groups is 1. The molecule has 1 saturated heterocycles. The first-order chi connectivity index (χ1) is 9.31. The molecule has 3 rings (SSSR count). The number of aliphatic hydroxyl groups excluding tert-OH is 1. The topological polar surface area (TPSA) is 40.5 Å². The second-order valence-electron chi connectivity index (χ2n) is 5.21. The van der Waals surface area contributed by atoms with Crippen LogP contribution in [0.1, 0.15) is 29.2 Å². The van der Waals surface area contributed by atoms with E-state index in [4.69, 9.17) is 0 Å². The van der Waals surface area contributed by atoms with Gasteiger partial charge in [-0.3, -0.25) is 4.79 Å². The van der Waals surface area contributed by atoms with E-state index in [-0.39, 0.29) is 23.8 Å². The number of rotatable bonds is 2. The summed E-state index contributed by atoms with van der Waals surface area (Å²) in [5.74, 6) is 1.19. The molecule has 0 aliphatic carbocycles. The first-order valence-electron chi connectivity index (χ1n) is 6.92. The smallest absolute Gasteiger partial charge is 0.240 e. The molecule has 1 aromatic carbocycles. The molecule has 19 heavy (non-hydrogen) atoms. The fraction of sp³-hybridized carbons (Fsp3) is 0.533. The van der Waals surface area contributed by atoms with Crippen LogP contribution in [0.2, 0.25) is 0 Å². The van der Waals surface area contributed by atoms with E-state index in [1.165, 1.54) is 11.1 Å². The quantitative estimate of drug-likeness (QED) is 0.899. The van der Waals surface area contributed by atoms with Gasteiger partial charge in [0.2, 0.25) is 5.91 Å². The maximum Gasteiger partial charge on any atom is 0.240 e. The molecule has 1 fully saturated rings. The normalized spacial score (nSPS) is 26.3. The summed E-state index contributed by atoms with van der Waals surface area (Å²) in [7, 11) is 0. The zero-order chi connectivity index (χ0) is 13.2. The molecular weight excluding hydrogens is 258 g/mol. The van der Waals surface area contributed by atoms with Gasteiger partial charge in [0.15, 0.2) is 0 Å². The molecule has 2 aliphatic heterocycles. The molecule has 1 aromatic rings. The Hall–Kier alpha value is -1.00. The number of likely N-dealkylation sites (tertiary alicyclic amines) is 1. The molecule has 102 valence electrons. The Morgan fingerprint density at radius 2 is 2.26 bits per heavy atom. The number of benzene rings is 1. The molecule has 1 unspecified atom stereocenters. The summed E-state index contributed by atoms with van der Waals surface area (Å²) in [5, 5.41) is 9.31. The highest BCUT2D eigenvalue weighted by Crippen LogP contribution is 2.39. The van der Waals surface area contributed by atoms with Crippen molar-refractivity contribution in [1.82, 2.24) is 4.90 Å². The van der Waals surface area contributed by atoms with Gasteiger partial charge in [0.25, 0.3) is 0 Å². The van der Waals surface area contributed by atoms with Crippen LogP contribution in [0.25, 0.3) is 0 Å². The summed E-state index contributed by atoms with van der Waals surface area (Å²) in [5.41, 5.74) is 2.48. The second kappa shape index (κ2) is 5.55. The Kier molecular flexibility index (Phi) is 3.80. The van der Waals surface area contributed by atoms with Gasteiger partial charge in [0, 0.05) is 6.54 Å². The first kappa shape index (κ1) is 13.0. The zero-order valence-electron chi connectivity index (χ0n) is 10.9. The van der Waals surface area contributed by atoms with Gasteiger partial charge in [-0.2, -0.15) is 0 Å². The van der Waals surface area contributed by atoms with Gasteiger partial charge in [-0.05, 0) is 36.1 Å². The Morgan fingerprint density at radius 3 is 3.11 bits per heavy atom. The van der Waals surface area contributed by atoms with Crippen LogP contribution in [-0.4, -0.2) is 40.9 Å². The Labute approximate surface area is 118 Å². The lowest BCUT2D eigenvalue weighted by molar-refractivity contribution is -0.132. The van der Waals surface area contributed by atoms with Crippen molar-refractivity contribution in [2.45, 2.75) is 30.6 Å². The van der Waals surface area contributed by atoms with Crippen LogP contribution in [0, 0.1) is 0 Å². The molecular formula is C15H19NO2S. The standard InChI is InChI=1S/C15H19NO2S/c17-10-12-5-3-8-16(12)15(18)14-13-6-2-1-4-11(13)7-9-19-14/h1-2,4,6,12,14,17H,3,5,7-10H2/t12-,14?/m1/s1. The van der Waals surface area contributed by atoms with Crippen LogP contribution in [0.5, 0.6) is 0 Å². The highest BCUT2D eigenvalue weighted by Gasteiger charge is 2.35. The van der Waals surface area contributed by atoms with Crippen molar-refractivity contribution in [1.29, 1.82) is 0 Å². The third-order valence-electron chi connectivity index (χ3n) is 4.09. The minimum atomic E-state index is -0.0721. The van der Waals surface area contributed by atoms with E-state index in [1.54, 1.807) is 11.8 Å². The third-order valence-corrected chi connectivity index (χ3v) is 5.32. The van der Waals surface area contributed by atoms with Crippen LogP contribution in [0.15, 0.2) is 24.3 Å². The molecule has 0 spiro atoms. The van der Waals surface area contributed by atoms with Crippen molar-refractivity contribution in [3.8, 4) is 0 Å². The number of carbonyl (C=O) groups is 1.